The Balaban J connectivity index is 2.38. The van der Waals surface area contributed by atoms with Gasteiger partial charge in [0.2, 0.25) is 0 Å². The molecule has 0 aromatic carbocycles. The van der Waals surface area contributed by atoms with Crippen LogP contribution in [-0.4, -0.2) is 22.3 Å². The summed E-state index contributed by atoms with van der Waals surface area (Å²) in [5.41, 5.74) is -0.850. The molecule has 0 spiro atoms. The molecule has 2 aliphatic rings. The molecule has 0 bridgehead atoms. The number of ether oxygens (including phenoxy) is 1. The van der Waals surface area contributed by atoms with Crippen molar-refractivity contribution in [1.29, 1.82) is 0 Å². The van der Waals surface area contributed by atoms with Gasteiger partial charge in [-0.15, -0.1) is 6.58 Å². The molecule has 3 nitrogen and oxygen atoms in total. The minimum absolute atomic E-state index is 0.140. The minimum Gasteiger partial charge on any atom is -0.459 e. The average Bonchev–Trinajstić information content (AvgIpc) is 2.44. The molecule has 2 fully saturated rings. The van der Waals surface area contributed by atoms with Crippen LogP contribution >= 0.6 is 0 Å². The topological polar surface area (TPSA) is 46.5 Å². The van der Waals surface area contributed by atoms with Gasteiger partial charge in [0.05, 0.1) is 5.60 Å². The molecule has 5 atom stereocenters. The van der Waals surface area contributed by atoms with E-state index in [0.717, 1.165) is 19.3 Å². The second kappa shape index (κ2) is 6.72. The SMILES string of the molecule is C=C[C@](C)(O)CC[C@H]1[C@]2(C)CCCC(C)(C)[C@@H]2CC[C@@]1(C)OC(C)=O. The zero-order valence-electron chi connectivity index (χ0n) is 17.2. The van der Waals surface area contributed by atoms with Crippen molar-refractivity contribution in [2.45, 2.75) is 97.7 Å². The Morgan fingerprint density at radius 3 is 2.48 bits per heavy atom. The molecule has 3 heteroatoms. The van der Waals surface area contributed by atoms with Gasteiger partial charge in [0.25, 0.3) is 0 Å². The van der Waals surface area contributed by atoms with E-state index in [9.17, 15) is 9.90 Å². The third-order valence-electron chi connectivity index (χ3n) is 7.49. The maximum Gasteiger partial charge on any atom is 0.303 e. The molecule has 25 heavy (non-hydrogen) atoms. The van der Waals surface area contributed by atoms with Gasteiger partial charge in [-0.25, -0.2) is 0 Å². The molecule has 0 radical (unpaired) electrons. The van der Waals surface area contributed by atoms with Crippen LogP contribution in [0.3, 0.4) is 0 Å². The summed E-state index contributed by atoms with van der Waals surface area (Å²) in [7, 11) is 0. The molecule has 0 heterocycles. The third kappa shape index (κ3) is 3.97. The number of rotatable bonds is 5. The zero-order valence-corrected chi connectivity index (χ0v) is 17.2. The number of esters is 1. The van der Waals surface area contributed by atoms with Gasteiger partial charge in [-0.3, -0.25) is 4.79 Å². The van der Waals surface area contributed by atoms with Crippen LogP contribution in [0, 0.1) is 22.7 Å². The minimum atomic E-state index is -0.870. The maximum absolute atomic E-state index is 11.8. The highest BCUT2D eigenvalue weighted by molar-refractivity contribution is 5.66. The van der Waals surface area contributed by atoms with E-state index in [-0.39, 0.29) is 17.3 Å². The van der Waals surface area contributed by atoms with Crippen LogP contribution in [-0.2, 0) is 9.53 Å². The second-order valence-corrected chi connectivity index (χ2v) is 10.00. The van der Waals surface area contributed by atoms with Crippen LogP contribution in [0.4, 0.5) is 0 Å². The smallest absolute Gasteiger partial charge is 0.303 e. The van der Waals surface area contributed by atoms with Crippen molar-refractivity contribution in [2.75, 3.05) is 0 Å². The summed E-state index contributed by atoms with van der Waals surface area (Å²) in [4.78, 5) is 11.8. The zero-order chi connectivity index (χ0) is 19.1. The first-order chi connectivity index (χ1) is 11.4. The van der Waals surface area contributed by atoms with E-state index >= 15 is 0 Å². The number of fused-ring (bicyclic) bond motifs is 1. The van der Waals surface area contributed by atoms with Gasteiger partial charge in [0.15, 0.2) is 0 Å². The predicted octanol–water partition coefficient (Wildman–Crippen LogP) is 5.27. The molecule has 0 aromatic rings. The largest absolute Gasteiger partial charge is 0.459 e. The lowest BCUT2D eigenvalue weighted by molar-refractivity contribution is -0.200. The van der Waals surface area contributed by atoms with Crippen molar-refractivity contribution < 1.29 is 14.6 Å². The van der Waals surface area contributed by atoms with Gasteiger partial charge in [-0.2, -0.15) is 0 Å². The predicted molar refractivity (Wildman–Crippen MR) is 102 cm³/mol. The maximum atomic E-state index is 11.8. The summed E-state index contributed by atoms with van der Waals surface area (Å²) < 4.78 is 5.93. The van der Waals surface area contributed by atoms with Crippen LogP contribution in [0.15, 0.2) is 12.7 Å². The van der Waals surface area contributed by atoms with E-state index in [0.29, 0.717) is 17.8 Å². The van der Waals surface area contributed by atoms with Gasteiger partial charge in [-0.05, 0) is 69.1 Å². The normalized spacial score (nSPS) is 39.8. The van der Waals surface area contributed by atoms with Gasteiger partial charge in [0.1, 0.15) is 5.60 Å². The van der Waals surface area contributed by atoms with Crippen molar-refractivity contribution >= 4 is 5.97 Å². The Morgan fingerprint density at radius 2 is 1.92 bits per heavy atom. The molecule has 2 aliphatic carbocycles. The summed E-state index contributed by atoms with van der Waals surface area (Å²) in [6, 6.07) is 0. The Hall–Kier alpha value is -0.830. The van der Waals surface area contributed by atoms with Crippen LogP contribution in [0.1, 0.15) is 86.5 Å². The van der Waals surface area contributed by atoms with Crippen LogP contribution in [0.2, 0.25) is 0 Å². The standard InChI is InChI=1S/C22H38O3/c1-8-20(5,24)14-10-18-21(6)13-9-12-19(3,4)17(21)11-15-22(18,7)25-16(2)23/h8,17-18,24H,1,9-15H2,2-7H3/t17-,18-,20-,21+,22+/m0/s1. The van der Waals surface area contributed by atoms with E-state index in [1.807, 2.05) is 6.92 Å². The Morgan fingerprint density at radius 1 is 1.28 bits per heavy atom. The van der Waals surface area contributed by atoms with Crippen LogP contribution < -0.4 is 0 Å². The van der Waals surface area contributed by atoms with Crippen LogP contribution in [0.5, 0.6) is 0 Å². The van der Waals surface area contributed by atoms with Crippen molar-refractivity contribution in [2.24, 2.45) is 22.7 Å². The van der Waals surface area contributed by atoms with Gasteiger partial charge < -0.3 is 9.84 Å². The molecule has 0 unspecified atom stereocenters. The molecule has 2 saturated carbocycles. The number of hydrogen-bond acceptors (Lipinski definition) is 3. The second-order valence-electron chi connectivity index (χ2n) is 10.00. The molecule has 144 valence electrons. The molecule has 1 N–H and O–H groups in total. The highest BCUT2D eigenvalue weighted by Crippen LogP contribution is 2.63. The van der Waals surface area contributed by atoms with Gasteiger partial charge >= 0.3 is 5.97 Å². The molecule has 2 rings (SSSR count). The van der Waals surface area contributed by atoms with Gasteiger partial charge in [0, 0.05) is 12.8 Å². The fourth-order valence-electron chi connectivity index (χ4n) is 6.23. The third-order valence-corrected chi connectivity index (χ3v) is 7.49. The first-order valence-electron chi connectivity index (χ1n) is 9.92. The van der Waals surface area contributed by atoms with E-state index in [1.54, 1.807) is 6.08 Å². The van der Waals surface area contributed by atoms with Crippen molar-refractivity contribution in [3.63, 3.8) is 0 Å². The average molecular weight is 351 g/mol. The van der Waals surface area contributed by atoms with Crippen molar-refractivity contribution in [1.82, 2.24) is 0 Å². The Kier molecular flexibility index (Phi) is 5.50. The Labute approximate surface area is 154 Å². The summed E-state index contributed by atoms with van der Waals surface area (Å²) in [5.74, 6) is 0.699. The fourth-order valence-corrected chi connectivity index (χ4v) is 6.23. The summed E-state index contributed by atoms with van der Waals surface area (Å²) in [6.07, 6.45) is 8.84. The number of carbonyl (C=O) groups is 1. The van der Waals surface area contributed by atoms with E-state index < -0.39 is 11.2 Å². The summed E-state index contributed by atoms with van der Waals surface area (Å²) in [6.45, 7) is 16.4. The van der Waals surface area contributed by atoms with E-state index in [2.05, 4.69) is 34.3 Å². The molecular weight excluding hydrogens is 312 g/mol. The van der Waals surface area contributed by atoms with Gasteiger partial charge in [-0.1, -0.05) is 33.3 Å². The number of carbonyl (C=O) groups excluding carboxylic acids is 1. The molecule has 0 aromatic heterocycles. The lowest BCUT2D eigenvalue weighted by atomic mass is 9.45. The molecular formula is C22H38O3. The Bertz CT molecular complexity index is 521. The molecule has 0 aliphatic heterocycles. The van der Waals surface area contributed by atoms with E-state index in [4.69, 9.17) is 4.74 Å². The first kappa shape index (κ1) is 20.5. The first-order valence-corrected chi connectivity index (χ1v) is 9.92. The molecule has 0 saturated heterocycles. The molecule has 0 amide bonds. The highest BCUT2D eigenvalue weighted by Gasteiger charge is 2.59. The summed E-state index contributed by atoms with van der Waals surface area (Å²) >= 11 is 0. The lowest BCUT2D eigenvalue weighted by Crippen LogP contribution is -2.59. The monoisotopic (exact) mass is 350 g/mol. The lowest BCUT2D eigenvalue weighted by Gasteiger charge is -2.62. The van der Waals surface area contributed by atoms with Crippen molar-refractivity contribution in [3.05, 3.63) is 12.7 Å². The van der Waals surface area contributed by atoms with Crippen molar-refractivity contribution in [3.8, 4) is 0 Å². The highest BCUT2D eigenvalue weighted by atomic mass is 16.6. The van der Waals surface area contributed by atoms with E-state index in [1.165, 1.54) is 26.2 Å². The number of hydrogen-bond donors (Lipinski definition) is 1. The summed E-state index contributed by atoms with van der Waals surface area (Å²) in [5, 5.41) is 10.5. The quantitative estimate of drug-likeness (QED) is 0.543. The van der Waals surface area contributed by atoms with Crippen LogP contribution in [0.25, 0.3) is 0 Å². The number of aliphatic hydroxyl groups is 1. The fraction of sp³-hybridized carbons (Fsp3) is 0.864.